The minimum atomic E-state index is -4.90. The number of hydrogen-bond donors (Lipinski definition) is 2. The lowest BCUT2D eigenvalue weighted by atomic mass is 9.89. The first-order chi connectivity index (χ1) is 21.0. The zero-order chi connectivity index (χ0) is 29.4. The van der Waals surface area contributed by atoms with Crippen molar-refractivity contribution in [2.45, 2.75) is 9.79 Å². The summed E-state index contributed by atoms with van der Waals surface area (Å²) in [6.07, 6.45) is 0. The summed E-state index contributed by atoms with van der Waals surface area (Å²) in [7, 11) is -4.90. The molecule has 0 bridgehead atoms. The van der Waals surface area contributed by atoms with Gasteiger partial charge in [0.15, 0.2) is 0 Å². The Kier molecular flexibility index (Phi) is 6.15. The molecular formula is C40H34N2S. The van der Waals surface area contributed by atoms with Gasteiger partial charge in [-0.2, -0.15) is 0 Å². The molecule has 6 aromatic carbocycles. The van der Waals surface area contributed by atoms with Gasteiger partial charge in [-0.05, 0) is 46.5 Å². The third-order valence-corrected chi connectivity index (χ3v) is 14.8. The minimum Gasteiger partial charge on any atom is -0.284 e. The van der Waals surface area contributed by atoms with E-state index in [2.05, 4.69) is 158 Å². The van der Waals surface area contributed by atoms with E-state index in [1.165, 1.54) is 0 Å². The molecule has 43 heavy (non-hydrogen) atoms. The van der Waals surface area contributed by atoms with E-state index in [9.17, 15) is 0 Å². The van der Waals surface area contributed by atoms with Crippen molar-refractivity contribution in [2.24, 2.45) is 10.3 Å². The van der Waals surface area contributed by atoms with Crippen LogP contribution in [0.15, 0.2) is 192 Å². The van der Waals surface area contributed by atoms with Gasteiger partial charge in [-0.3, -0.25) is 10.3 Å². The molecule has 1 aliphatic rings. The summed E-state index contributed by atoms with van der Waals surface area (Å²) in [5, 5.41) is 17.3. The second-order valence-corrected chi connectivity index (χ2v) is 16.3. The highest BCUT2D eigenvalue weighted by atomic mass is 32.4. The molecule has 6 aromatic rings. The summed E-state index contributed by atoms with van der Waals surface area (Å²) >= 11 is 0. The molecule has 0 amide bonds. The molecule has 0 saturated carbocycles. The van der Waals surface area contributed by atoms with Crippen molar-refractivity contribution in [1.29, 1.82) is 0 Å². The van der Waals surface area contributed by atoms with E-state index in [4.69, 9.17) is 10.3 Å². The monoisotopic (exact) mass is 574 g/mol. The molecule has 0 aromatic heterocycles. The van der Waals surface area contributed by atoms with E-state index in [1.54, 1.807) is 0 Å². The number of hydrogen-bond acceptors (Lipinski definition) is 2. The molecule has 4 N–H and O–H groups in total. The smallest absolute Gasteiger partial charge is 0.0251 e. The predicted octanol–water partition coefficient (Wildman–Crippen LogP) is 9.88. The number of rotatable bonds is 6. The van der Waals surface area contributed by atoms with Gasteiger partial charge in [0, 0.05) is 30.7 Å². The van der Waals surface area contributed by atoms with Crippen molar-refractivity contribution in [2.75, 3.05) is 0 Å². The van der Waals surface area contributed by atoms with Crippen molar-refractivity contribution in [1.82, 2.24) is 0 Å². The molecule has 0 unspecified atom stereocenters. The highest BCUT2D eigenvalue weighted by Gasteiger charge is 2.67. The van der Waals surface area contributed by atoms with Crippen molar-refractivity contribution in [3.8, 4) is 0 Å². The van der Waals surface area contributed by atoms with Gasteiger partial charge in [0.1, 0.15) is 0 Å². The number of benzene rings is 6. The fraction of sp³-hybridized carbons (Fsp3) is 0. The third-order valence-electron chi connectivity index (χ3n) is 8.72. The van der Waals surface area contributed by atoms with Crippen LogP contribution in [0.3, 0.4) is 0 Å². The minimum absolute atomic E-state index is 0.894. The fourth-order valence-corrected chi connectivity index (χ4v) is 13.1. The average Bonchev–Trinajstić information content (AvgIpc) is 3.31. The van der Waals surface area contributed by atoms with Gasteiger partial charge in [-0.25, -0.2) is 0 Å². The highest BCUT2D eigenvalue weighted by molar-refractivity contribution is 8.74. The van der Waals surface area contributed by atoms with Gasteiger partial charge in [-0.1, -0.05) is 158 Å². The van der Waals surface area contributed by atoms with E-state index in [0.29, 0.717) is 0 Å². The maximum absolute atomic E-state index is 8.66. The van der Waals surface area contributed by atoms with Crippen molar-refractivity contribution in [3.05, 3.63) is 204 Å². The highest BCUT2D eigenvalue weighted by Crippen LogP contribution is 3.03. The average molecular weight is 575 g/mol. The Bertz CT molecular complexity index is 1830. The van der Waals surface area contributed by atoms with Crippen LogP contribution in [-0.2, 0) is 0 Å². The van der Waals surface area contributed by atoms with Gasteiger partial charge in [-0.15, -0.1) is 8.67 Å². The fourth-order valence-electron chi connectivity index (χ4n) is 6.90. The van der Waals surface area contributed by atoms with E-state index in [0.717, 1.165) is 53.0 Å². The van der Waals surface area contributed by atoms with Crippen LogP contribution >= 0.6 is 8.67 Å². The summed E-state index contributed by atoms with van der Waals surface area (Å²) in [4.78, 5) is 3.68. The third kappa shape index (κ3) is 3.70. The second-order valence-electron chi connectivity index (χ2n) is 11.2. The Labute approximate surface area is 253 Å². The van der Waals surface area contributed by atoms with Gasteiger partial charge >= 0.3 is 0 Å². The van der Waals surface area contributed by atoms with Crippen LogP contribution in [0.4, 0.5) is 0 Å². The molecule has 0 aliphatic carbocycles. The van der Waals surface area contributed by atoms with Gasteiger partial charge < -0.3 is 0 Å². The maximum atomic E-state index is 8.66. The molecule has 210 valence electrons. The number of nitrogens with two attached hydrogens (primary N) is 2. The Morgan fingerprint density at radius 1 is 0.279 bits per heavy atom. The lowest BCUT2D eigenvalue weighted by molar-refractivity contribution is 1.27. The van der Waals surface area contributed by atoms with Crippen molar-refractivity contribution < 1.29 is 0 Å². The van der Waals surface area contributed by atoms with E-state index in [1.807, 2.05) is 24.3 Å². The largest absolute Gasteiger partial charge is 0.284 e. The summed E-state index contributed by atoms with van der Waals surface area (Å²) in [6, 6.07) is 62.9. The van der Waals surface area contributed by atoms with Crippen LogP contribution < -0.4 is 10.3 Å². The molecule has 7 rings (SSSR count). The first-order valence-electron chi connectivity index (χ1n) is 14.5. The lowest BCUT2D eigenvalue weighted by Crippen LogP contribution is -2.53. The summed E-state index contributed by atoms with van der Waals surface area (Å²) in [6.45, 7) is 0. The van der Waals surface area contributed by atoms with E-state index >= 15 is 0 Å². The quantitative estimate of drug-likeness (QED) is 0.208. The second kappa shape index (κ2) is 9.82. The number of allylic oxidation sites excluding steroid dienone is 2. The van der Waals surface area contributed by atoms with Crippen LogP contribution in [0.5, 0.6) is 0 Å². The van der Waals surface area contributed by atoms with E-state index < -0.39 is 8.67 Å². The van der Waals surface area contributed by atoms with Crippen LogP contribution in [-0.4, -0.2) is 0 Å². The molecule has 0 atom stereocenters. The maximum Gasteiger partial charge on any atom is 0.0251 e. The topological polar surface area (TPSA) is 52.0 Å². The van der Waals surface area contributed by atoms with Crippen molar-refractivity contribution in [3.63, 3.8) is 0 Å². The summed E-state index contributed by atoms with van der Waals surface area (Å²) in [5.41, 5.74) is 6.24. The Balaban J connectivity index is 1.87. The van der Waals surface area contributed by atoms with Gasteiger partial charge in [0.2, 0.25) is 0 Å². The van der Waals surface area contributed by atoms with Crippen LogP contribution in [0, 0.1) is 0 Å². The molecule has 2 nitrogen and oxygen atoms in total. The standard InChI is InChI=1S/C40H34N2S/c41-43(42,35-27-15-5-16-28-35,36-29-17-6-18-30-36)39(33-23-11-3-12-24-33)37(31-19-7-1-8-20-31)38(32-21-9-2-10-22-32)40(43)34-25-13-4-14-26-34/h1-30H,41-42H2. The zero-order valence-corrected chi connectivity index (χ0v) is 24.7. The van der Waals surface area contributed by atoms with Crippen molar-refractivity contribution >= 4 is 29.6 Å². The lowest BCUT2D eigenvalue weighted by Gasteiger charge is -2.75. The van der Waals surface area contributed by atoms with Gasteiger partial charge in [0.25, 0.3) is 0 Å². The molecule has 1 heterocycles. The molecule has 0 radical (unpaired) electrons. The molecule has 0 saturated heterocycles. The van der Waals surface area contributed by atoms with Crippen LogP contribution in [0.1, 0.15) is 22.3 Å². The van der Waals surface area contributed by atoms with Crippen LogP contribution in [0.25, 0.3) is 21.0 Å². The Hall–Kier alpha value is -4.93. The van der Waals surface area contributed by atoms with Crippen LogP contribution in [0.2, 0.25) is 0 Å². The Morgan fingerprint density at radius 3 is 0.791 bits per heavy atom. The zero-order valence-electron chi connectivity index (χ0n) is 23.9. The van der Waals surface area contributed by atoms with Gasteiger partial charge in [0.05, 0.1) is 0 Å². The first kappa shape index (κ1) is 26.9. The molecular weight excluding hydrogens is 541 g/mol. The molecule has 3 heteroatoms. The molecule has 0 spiro atoms. The normalized spacial score (nSPS) is 18.3. The summed E-state index contributed by atoms with van der Waals surface area (Å²) < 4.78 is 0. The summed E-state index contributed by atoms with van der Waals surface area (Å²) in [5.74, 6) is 0. The Morgan fingerprint density at radius 2 is 0.512 bits per heavy atom. The SMILES string of the molecule is NS1(N)(c2ccccc2)(c2ccccc2)C(c2ccccc2)=C(c2ccccc2)C(c2ccccc2)=C1c1ccccc1. The first-order valence-corrected chi connectivity index (χ1v) is 17.1. The molecule has 0 fully saturated rings. The van der Waals surface area contributed by atoms with E-state index in [-0.39, 0.29) is 0 Å². The predicted molar refractivity (Wildman–Crippen MR) is 185 cm³/mol. The molecule has 1 aliphatic heterocycles.